The monoisotopic (exact) mass is 349 g/mol. The minimum absolute atomic E-state index is 0.355. The number of amides is 3. The Kier molecular flexibility index (Phi) is 6.43. The number of carbonyl (C=O) groups is 2. The fourth-order valence-electron chi connectivity index (χ4n) is 1.71. The van der Waals surface area contributed by atoms with Gasteiger partial charge in [0.25, 0.3) is 0 Å². The van der Waals surface area contributed by atoms with Gasteiger partial charge in [-0.05, 0) is 24.6 Å². The maximum absolute atomic E-state index is 12.0. The van der Waals surface area contributed by atoms with Gasteiger partial charge in [-0.3, -0.25) is 10.1 Å². The first-order valence-electron chi connectivity index (χ1n) is 6.96. The van der Waals surface area contributed by atoms with E-state index in [0.717, 1.165) is 5.56 Å². The number of urea groups is 1. The summed E-state index contributed by atoms with van der Waals surface area (Å²) in [4.78, 5) is 27.9. The third kappa shape index (κ3) is 5.58. The van der Waals surface area contributed by atoms with E-state index in [0.29, 0.717) is 16.6 Å². The summed E-state index contributed by atoms with van der Waals surface area (Å²) < 4.78 is 0. The van der Waals surface area contributed by atoms with Crippen LogP contribution in [-0.4, -0.2) is 22.2 Å². The Bertz CT molecular complexity index is 682. The second-order valence-electron chi connectivity index (χ2n) is 4.71. The summed E-state index contributed by atoms with van der Waals surface area (Å²) in [6.45, 7) is 2.04. The first kappa shape index (κ1) is 17.3. The lowest BCUT2D eigenvalue weighted by atomic mass is 10.2. The number of imide groups is 1. The summed E-state index contributed by atoms with van der Waals surface area (Å²) in [7, 11) is 0. The third-order valence-corrected chi connectivity index (χ3v) is 4.45. The van der Waals surface area contributed by atoms with Crippen LogP contribution in [0.3, 0.4) is 0 Å². The van der Waals surface area contributed by atoms with Crippen molar-refractivity contribution in [3.8, 4) is 0 Å². The van der Waals surface area contributed by atoms with Crippen LogP contribution in [0.1, 0.15) is 12.5 Å². The Morgan fingerprint density at radius 3 is 2.65 bits per heavy atom. The molecule has 23 heavy (non-hydrogen) atoms. The molecule has 3 amide bonds. The summed E-state index contributed by atoms with van der Waals surface area (Å²) in [6, 6.07) is 12.3. The molecule has 1 unspecified atom stereocenters. The van der Waals surface area contributed by atoms with E-state index in [-0.39, 0.29) is 0 Å². The number of carbonyl (C=O) groups excluding carboxylic acids is 2. The van der Waals surface area contributed by atoms with Crippen molar-refractivity contribution < 1.29 is 9.59 Å². The van der Waals surface area contributed by atoms with Crippen molar-refractivity contribution in [3.05, 3.63) is 59.2 Å². The Hall–Kier alpha value is -2.05. The van der Waals surface area contributed by atoms with Gasteiger partial charge in [0.05, 0.1) is 10.3 Å². The van der Waals surface area contributed by atoms with Crippen molar-refractivity contribution in [1.29, 1.82) is 0 Å². The Morgan fingerprint density at radius 1 is 1.22 bits per heavy atom. The normalized spacial score (nSPS) is 11.6. The maximum atomic E-state index is 12.0. The van der Waals surface area contributed by atoms with Gasteiger partial charge in [0.15, 0.2) is 0 Å². The van der Waals surface area contributed by atoms with E-state index in [1.807, 2.05) is 30.3 Å². The number of hydrogen-bond acceptors (Lipinski definition) is 4. The molecule has 2 N–H and O–H groups in total. The number of nitrogens with zero attached hydrogens (tertiary/aromatic N) is 1. The fourth-order valence-corrected chi connectivity index (χ4v) is 2.77. The number of pyridine rings is 1. The molecule has 0 bridgehead atoms. The van der Waals surface area contributed by atoms with Crippen LogP contribution in [0, 0.1) is 0 Å². The standard InChI is InChI=1S/C16H16ClN3O2S/c1-11(23-15-13(17)8-5-9-18-15)14(21)20-16(22)19-10-12-6-3-2-4-7-12/h2-9,11H,10H2,1H3,(H2,19,20,21,22). The zero-order valence-electron chi connectivity index (χ0n) is 12.5. The number of aromatic nitrogens is 1. The predicted octanol–water partition coefficient (Wildman–Crippen LogP) is 3.24. The maximum Gasteiger partial charge on any atom is 0.321 e. The molecular weight excluding hydrogens is 334 g/mol. The van der Waals surface area contributed by atoms with Crippen LogP contribution < -0.4 is 10.6 Å². The lowest BCUT2D eigenvalue weighted by molar-refractivity contribution is -0.119. The quantitative estimate of drug-likeness (QED) is 0.813. The van der Waals surface area contributed by atoms with E-state index < -0.39 is 17.2 Å². The van der Waals surface area contributed by atoms with Gasteiger partial charge in [0, 0.05) is 12.7 Å². The molecule has 7 heteroatoms. The number of halogens is 1. The van der Waals surface area contributed by atoms with Crippen molar-refractivity contribution in [3.63, 3.8) is 0 Å². The number of nitrogens with one attached hydrogen (secondary N) is 2. The van der Waals surface area contributed by atoms with Crippen LogP contribution in [0.15, 0.2) is 53.7 Å². The summed E-state index contributed by atoms with van der Waals surface area (Å²) in [5.41, 5.74) is 0.956. The molecule has 0 radical (unpaired) electrons. The van der Waals surface area contributed by atoms with E-state index in [1.54, 1.807) is 25.3 Å². The van der Waals surface area contributed by atoms with E-state index in [2.05, 4.69) is 15.6 Å². The minimum Gasteiger partial charge on any atom is -0.334 e. The van der Waals surface area contributed by atoms with Crippen molar-refractivity contribution in [1.82, 2.24) is 15.6 Å². The van der Waals surface area contributed by atoms with Crippen LogP contribution >= 0.6 is 23.4 Å². The highest BCUT2D eigenvalue weighted by Gasteiger charge is 2.18. The fraction of sp³-hybridized carbons (Fsp3) is 0.188. The molecule has 0 saturated carbocycles. The molecule has 0 spiro atoms. The first-order chi connectivity index (χ1) is 11.1. The van der Waals surface area contributed by atoms with Gasteiger partial charge in [-0.25, -0.2) is 9.78 Å². The number of hydrogen-bond donors (Lipinski definition) is 2. The van der Waals surface area contributed by atoms with Gasteiger partial charge in [-0.2, -0.15) is 0 Å². The van der Waals surface area contributed by atoms with Crippen molar-refractivity contribution in [2.24, 2.45) is 0 Å². The summed E-state index contributed by atoms with van der Waals surface area (Å²) >= 11 is 7.20. The lowest BCUT2D eigenvalue weighted by Crippen LogP contribution is -2.42. The molecule has 2 aromatic rings. The smallest absolute Gasteiger partial charge is 0.321 e. The number of rotatable bonds is 5. The highest BCUT2D eigenvalue weighted by Crippen LogP contribution is 2.27. The SMILES string of the molecule is CC(Sc1ncccc1Cl)C(=O)NC(=O)NCc1ccccc1. The van der Waals surface area contributed by atoms with Crippen LogP contribution in [0.4, 0.5) is 4.79 Å². The molecule has 1 atom stereocenters. The lowest BCUT2D eigenvalue weighted by Gasteiger charge is -2.12. The van der Waals surface area contributed by atoms with Crippen molar-refractivity contribution in [2.75, 3.05) is 0 Å². The average molecular weight is 350 g/mol. The molecule has 1 aromatic heterocycles. The second kappa shape index (κ2) is 8.55. The van der Waals surface area contributed by atoms with E-state index in [9.17, 15) is 9.59 Å². The van der Waals surface area contributed by atoms with Crippen molar-refractivity contribution >= 4 is 35.3 Å². The van der Waals surface area contributed by atoms with E-state index in [1.165, 1.54) is 11.8 Å². The topological polar surface area (TPSA) is 71.1 Å². The van der Waals surface area contributed by atoms with E-state index in [4.69, 9.17) is 11.6 Å². The summed E-state index contributed by atoms with van der Waals surface area (Å²) in [5, 5.41) is 5.49. The van der Waals surface area contributed by atoms with Crippen molar-refractivity contribution in [2.45, 2.75) is 23.7 Å². The van der Waals surface area contributed by atoms with Gasteiger partial charge in [-0.1, -0.05) is 53.7 Å². The average Bonchev–Trinajstić information content (AvgIpc) is 2.56. The Morgan fingerprint density at radius 2 is 1.96 bits per heavy atom. The molecule has 1 aromatic carbocycles. The van der Waals surface area contributed by atoms with Gasteiger partial charge in [0.1, 0.15) is 5.03 Å². The van der Waals surface area contributed by atoms with Crippen LogP contribution in [0.25, 0.3) is 0 Å². The zero-order chi connectivity index (χ0) is 16.7. The molecule has 1 heterocycles. The highest BCUT2D eigenvalue weighted by molar-refractivity contribution is 8.00. The van der Waals surface area contributed by atoms with Gasteiger partial charge in [-0.15, -0.1) is 0 Å². The molecule has 0 aliphatic heterocycles. The molecule has 0 aliphatic rings. The molecule has 0 saturated heterocycles. The molecule has 2 rings (SSSR count). The van der Waals surface area contributed by atoms with Gasteiger partial charge >= 0.3 is 6.03 Å². The molecular formula is C16H16ClN3O2S. The summed E-state index contributed by atoms with van der Waals surface area (Å²) in [5.74, 6) is -0.401. The third-order valence-electron chi connectivity index (χ3n) is 2.91. The number of benzene rings is 1. The molecule has 120 valence electrons. The molecule has 5 nitrogen and oxygen atoms in total. The van der Waals surface area contributed by atoms with Crippen LogP contribution in [0.5, 0.6) is 0 Å². The molecule has 0 aliphatic carbocycles. The Labute approximate surface area is 143 Å². The Balaban J connectivity index is 1.81. The second-order valence-corrected chi connectivity index (χ2v) is 6.44. The van der Waals surface area contributed by atoms with Crippen LogP contribution in [0.2, 0.25) is 5.02 Å². The van der Waals surface area contributed by atoms with Crippen LogP contribution in [-0.2, 0) is 11.3 Å². The predicted molar refractivity (Wildman–Crippen MR) is 91.4 cm³/mol. The number of thioether (sulfide) groups is 1. The van der Waals surface area contributed by atoms with E-state index >= 15 is 0 Å². The zero-order valence-corrected chi connectivity index (χ0v) is 14.0. The molecule has 0 fully saturated rings. The highest BCUT2D eigenvalue weighted by atomic mass is 35.5. The first-order valence-corrected chi connectivity index (χ1v) is 8.22. The minimum atomic E-state index is -0.529. The van der Waals surface area contributed by atoms with Gasteiger partial charge < -0.3 is 5.32 Å². The largest absolute Gasteiger partial charge is 0.334 e. The van der Waals surface area contributed by atoms with Gasteiger partial charge in [0.2, 0.25) is 5.91 Å². The summed E-state index contributed by atoms with van der Waals surface area (Å²) in [6.07, 6.45) is 1.60.